The van der Waals surface area contributed by atoms with E-state index >= 15 is 0 Å². The van der Waals surface area contributed by atoms with Gasteiger partial charge in [0, 0.05) is 17.3 Å². The van der Waals surface area contributed by atoms with Crippen molar-refractivity contribution in [2.24, 2.45) is 0 Å². The zero-order chi connectivity index (χ0) is 10.3. The summed E-state index contributed by atoms with van der Waals surface area (Å²) in [6.07, 6.45) is 2.16. The molecule has 0 aliphatic heterocycles. The molecule has 0 heterocycles. The number of anilines is 2. The van der Waals surface area contributed by atoms with Crippen LogP contribution in [0.2, 0.25) is 0 Å². The quantitative estimate of drug-likeness (QED) is 0.716. The van der Waals surface area contributed by atoms with Gasteiger partial charge < -0.3 is 11.1 Å². The zero-order valence-electron chi connectivity index (χ0n) is 7.90. The molecule has 1 aliphatic rings. The van der Waals surface area contributed by atoms with Crippen molar-refractivity contribution in [2.45, 2.75) is 25.8 Å². The van der Waals surface area contributed by atoms with Crippen molar-refractivity contribution in [2.75, 3.05) is 11.1 Å². The number of halogens is 2. The summed E-state index contributed by atoms with van der Waals surface area (Å²) in [5, 5.41) is 3.11. The topological polar surface area (TPSA) is 38.0 Å². The van der Waals surface area contributed by atoms with E-state index in [9.17, 15) is 8.78 Å². The lowest BCUT2D eigenvalue weighted by atomic mass is 10.1. The summed E-state index contributed by atoms with van der Waals surface area (Å²) in [6, 6.07) is 1.85. The van der Waals surface area contributed by atoms with Crippen molar-refractivity contribution in [3.8, 4) is 0 Å². The third kappa shape index (κ3) is 1.52. The van der Waals surface area contributed by atoms with Gasteiger partial charge >= 0.3 is 0 Å². The van der Waals surface area contributed by atoms with Crippen molar-refractivity contribution in [1.29, 1.82) is 0 Å². The molecular weight excluding hydrogens is 186 g/mol. The van der Waals surface area contributed by atoms with Crippen molar-refractivity contribution in [3.05, 3.63) is 23.3 Å². The van der Waals surface area contributed by atoms with E-state index in [1.54, 1.807) is 6.92 Å². The van der Waals surface area contributed by atoms with E-state index in [0.717, 1.165) is 12.8 Å². The van der Waals surface area contributed by atoms with Crippen molar-refractivity contribution >= 4 is 11.4 Å². The van der Waals surface area contributed by atoms with Crippen LogP contribution in [0.25, 0.3) is 0 Å². The Hall–Kier alpha value is -1.32. The monoisotopic (exact) mass is 198 g/mol. The molecule has 1 aromatic rings. The molecule has 0 atom stereocenters. The molecule has 1 aliphatic carbocycles. The summed E-state index contributed by atoms with van der Waals surface area (Å²) in [5.41, 5.74) is 6.08. The zero-order valence-corrected chi connectivity index (χ0v) is 7.90. The van der Waals surface area contributed by atoms with Crippen LogP contribution in [0.15, 0.2) is 6.07 Å². The average Bonchev–Trinajstić information content (AvgIpc) is 2.94. The van der Waals surface area contributed by atoms with Crippen LogP contribution in [0.4, 0.5) is 20.2 Å². The van der Waals surface area contributed by atoms with Gasteiger partial charge in [0.15, 0.2) is 11.6 Å². The summed E-state index contributed by atoms with van der Waals surface area (Å²) in [4.78, 5) is 0. The summed E-state index contributed by atoms with van der Waals surface area (Å²) < 4.78 is 26.2. The second-order valence-electron chi connectivity index (χ2n) is 3.68. The lowest BCUT2D eigenvalue weighted by molar-refractivity contribution is 0.507. The predicted octanol–water partition coefficient (Wildman–Crippen LogP) is 2.43. The van der Waals surface area contributed by atoms with E-state index in [2.05, 4.69) is 5.32 Å². The maximum Gasteiger partial charge on any atom is 0.182 e. The van der Waals surface area contributed by atoms with Crippen molar-refractivity contribution in [1.82, 2.24) is 0 Å². The standard InChI is InChI=1S/C10H12F2N2/c1-5-8(14-6-2-3-6)4-7(13)10(12)9(5)11/h4,6,14H,2-3,13H2,1H3. The van der Waals surface area contributed by atoms with Gasteiger partial charge in [0.2, 0.25) is 0 Å². The molecule has 1 saturated carbocycles. The van der Waals surface area contributed by atoms with Crippen LogP contribution >= 0.6 is 0 Å². The molecule has 0 bridgehead atoms. The Bertz CT molecular complexity index is 373. The highest BCUT2D eigenvalue weighted by Gasteiger charge is 2.23. The molecular formula is C10H12F2N2. The van der Waals surface area contributed by atoms with E-state index in [1.807, 2.05) is 0 Å². The first-order chi connectivity index (χ1) is 6.59. The molecule has 0 spiro atoms. The maximum absolute atomic E-state index is 13.2. The van der Waals surface area contributed by atoms with Gasteiger partial charge in [-0.2, -0.15) is 0 Å². The molecule has 14 heavy (non-hydrogen) atoms. The Morgan fingerprint density at radius 1 is 1.36 bits per heavy atom. The first kappa shape index (κ1) is 9.24. The number of nitrogens with one attached hydrogen (secondary N) is 1. The van der Waals surface area contributed by atoms with E-state index in [-0.39, 0.29) is 5.69 Å². The largest absolute Gasteiger partial charge is 0.396 e. The number of nitrogen functional groups attached to an aromatic ring is 1. The molecule has 1 aromatic carbocycles. The SMILES string of the molecule is Cc1c(NC2CC2)cc(N)c(F)c1F. The van der Waals surface area contributed by atoms with Gasteiger partial charge in [-0.15, -0.1) is 0 Å². The van der Waals surface area contributed by atoms with Crippen LogP contribution in [-0.4, -0.2) is 6.04 Å². The highest BCUT2D eigenvalue weighted by atomic mass is 19.2. The van der Waals surface area contributed by atoms with Gasteiger partial charge in [-0.3, -0.25) is 0 Å². The molecule has 2 nitrogen and oxygen atoms in total. The van der Waals surface area contributed by atoms with Crippen molar-refractivity contribution < 1.29 is 8.78 Å². The molecule has 0 aromatic heterocycles. The molecule has 1 fully saturated rings. The van der Waals surface area contributed by atoms with Gasteiger partial charge in [0.25, 0.3) is 0 Å². The third-order valence-electron chi connectivity index (χ3n) is 2.42. The normalized spacial score (nSPS) is 15.6. The second kappa shape index (κ2) is 3.12. The molecule has 0 radical (unpaired) electrons. The molecule has 0 saturated heterocycles. The van der Waals surface area contributed by atoms with Crippen LogP contribution in [0.5, 0.6) is 0 Å². The Balaban J connectivity index is 2.38. The Morgan fingerprint density at radius 3 is 2.57 bits per heavy atom. The predicted molar refractivity (Wildman–Crippen MR) is 52.2 cm³/mol. The molecule has 2 rings (SSSR count). The lowest BCUT2D eigenvalue weighted by Gasteiger charge is -2.11. The fourth-order valence-electron chi connectivity index (χ4n) is 1.33. The number of benzene rings is 1. The van der Waals surface area contributed by atoms with Crippen LogP contribution in [0.3, 0.4) is 0 Å². The lowest BCUT2D eigenvalue weighted by Crippen LogP contribution is -2.07. The number of rotatable bonds is 2. The van der Waals surface area contributed by atoms with E-state index in [1.165, 1.54) is 6.07 Å². The van der Waals surface area contributed by atoms with Crippen LogP contribution in [0.1, 0.15) is 18.4 Å². The maximum atomic E-state index is 13.2. The Kier molecular flexibility index (Phi) is 2.06. The van der Waals surface area contributed by atoms with Gasteiger partial charge in [0.05, 0.1) is 5.69 Å². The summed E-state index contributed by atoms with van der Waals surface area (Å²) in [7, 11) is 0. The Morgan fingerprint density at radius 2 is 2.00 bits per heavy atom. The van der Waals surface area contributed by atoms with Crippen LogP contribution in [-0.2, 0) is 0 Å². The summed E-state index contributed by atoms with van der Waals surface area (Å²) in [5.74, 6) is -1.81. The van der Waals surface area contributed by atoms with E-state index in [0.29, 0.717) is 17.3 Å². The fourth-order valence-corrected chi connectivity index (χ4v) is 1.33. The van der Waals surface area contributed by atoms with Gasteiger partial charge in [-0.25, -0.2) is 8.78 Å². The summed E-state index contributed by atoms with van der Waals surface area (Å²) in [6.45, 7) is 1.54. The van der Waals surface area contributed by atoms with E-state index in [4.69, 9.17) is 5.73 Å². The molecule has 4 heteroatoms. The van der Waals surface area contributed by atoms with Gasteiger partial charge in [0.1, 0.15) is 0 Å². The highest BCUT2D eigenvalue weighted by molar-refractivity contribution is 5.61. The molecule has 3 N–H and O–H groups in total. The third-order valence-corrected chi connectivity index (χ3v) is 2.42. The van der Waals surface area contributed by atoms with Crippen LogP contribution in [0, 0.1) is 18.6 Å². The molecule has 76 valence electrons. The Labute approximate surface area is 81.1 Å². The number of nitrogens with two attached hydrogens (primary N) is 1. The van der Waals surface area contributed by atoms with Gasteiger partial charge in [-0.05, 0) is 25.8 Å². The van der Waals surface area contributed by atoms with Crippen molar-refractivity contribution in [3.63, 3.8) is 0 Å². The number of hydrogen-bond acceptors (Lipinski definition) is 2. The van der Waals surface area contributed by atoms with Crippen LogP contribution < -0.4 is 11.1 Å². The minimum Gasteiger partial charge on any atom is -0.396 e. The first-order valence-corrected chi connectivity index (χ1v) is 4.60. The number of hydrogen-bond donors (Lipinski definition) is 2. The molecule has 0 amide bonds. The van der Waals surface area contributed by atoms with E-state index < -0.39 is 11.6 Å². The highest BCUT2D eigenvalue weighted by Crippen LogP contribution is 2.30. The summed E-state index contributed by atoms with van der Waals surface area (Å²) >= 11 is 0. The molecule has 0 unspecified atom stereocenters. The smallest absolute Gasteiger partial charge is 0.182 e. The average molecular weight is 198 g/mol. The minimum atomic E-state index is -0.955. The second-order valence-corrected chi connectivity index (χ2v) is 3.68. The minimum absolute atomic E-state index is 0.142. The first-order valence-electron chi connectivity index (χ1n) is 4.60. The fraction of sp³-hybridized carbons (Fsp3) is 0.400. The van der Waals surface area contributed by atoms with Gasteiger partial charge in [-0.1, -0.05) is 0 Å².